The molecule has 0 saturated carbocycles. The highest BCUT2D eigenvalue weighted by atomic mass is 16.5. The summed E-state index contributed by atoms with van der Waals surface area (Å²) in [5.74, 6) is 1.01. The van der Waals surface area contributed by atoms with Crippen LogP contribution in [0.1, 0.15) is 6.92 Å². The molecule has 0 aromatic carbocycles. The van der Waals surface area contributed by atoms with Crippen molar-refractivity contribution in [1.29, 1.82) is 0 Å². The van der Waals surface area contributed by atoms with Crippen LogP contribution in [0.15, 0.2) is 24.8 Å². The van der Waals surface area contributed by atoms with Crippen LogP contribution >= 0.6 is 0 Å². The highest BCUT2D eigenvalue weighted by Gasteiger charge is 2.25. The van der Waals surface area contributed by atoms with E-state index in [4.69, 9.17) is 4.74 Å². The predicted octanol–water partition coefficient (Wildman–Crippen LogP) is 2.01. The zero-order valence-corrected chi connectivity index (χ0v) is 6.47. The summed E-state index contributed by atoms with van der Waals surface area (Å²) in [6.45, 7) is 11.4. The third-order valence-electron chi connectivity index (χ3n) is 2.06. The Kier molecular flexibility index (Phi) is 2.28. The molecular weight excluding hydrogens is 124 g/mol. The molecule has 0 aliphatic carbocycles. The molecule has 2 atom stereocenters. The van der Waals surface area contributed by atoms with Gasteiger partial charge in [-0.1, -0.05) is 18.2 Å². The van der Waals surface area contributed by atoms with Crippen molar-refractivity contribution in [2.45, 2.75) is 6.92 Å². The first-order valence-corrected chi connectivity index (χ1v) is 3.61. The fourth-order valence-corrected chi connectivity index (χ4v) is 1.31. The second-order valence-corrected chi connectivity index (χ2v) is 2.89. The third kappa shape index (κ3) is 1.29. The average molecular weight is 138 g/mol. The maximum atomic E-state index is 5.29. The average Bonchev–Trinajstić information content (AvgIpc) is 2.33. The molecule has 0 aromatic heterocycles. The summed E-state index contributed by atoms with van der Waals surface area (Å²) >= 11 is 0. The van der Waals surface area contributed by atoms with Crippen LogP contribution in [-0.4, -0.2) is 13.2 Å². The first-order valence-electron chi connectivity index (χ1n) is 3.61. The van der Waals surface area contributed by atoms with Crippen LogP contribution in [0.2, 0.25) is 0 Å². The molecule has 1 aliphatic rings. The third-order valence-corrected chi connectivity index (χ3v) is 2.06. The monoisotopic (exact) mass is 138 g/mol. The lowest BCUT2D eigenvalue weighted by Crippen LogP contribution is -2.09. The van der Waals surface area contributed by atoms with Crippen LogP contribution in [0.25, 0.3) is 0 Å². The van der Waals surface area contributed by atoms with Gasteiger partial charge in [0.25, 0.3) is 0 Å². The minimum Gasteiger partial charge on any atom is -0.380 e. The molecule has 0 amide bonds. The molecule has 1 rings (SSSR count). The van der Waals surface area contributed by atoms with Crippen LogP contribution in [0.3, 0.4) is 0 Å². The minimum atomic E-state index is 0.498. The molecule has 1 fully saturated rings. The number of hydrogen-bond donors (Lipinski definition) is 0. The lowest BCUT2D eigenvalue weighted by Gasteiger charge is -2.12. The van der Waals surface area contributed by atoms with E-state index in [2.05, 4.69) is 20.1 Å². The van der Waals surface area contributed by atoms with Crippen molar-refractivity contribution in [2.75, 3.05) is 13.2 Å². The molecule has 1 heteroatoms. The molecule has 1 nitrogen and oxygen atoms in total. The highest BCUT2D eigenvalue weighted by Crippen LogP contribution is 2.26. The zero-order valence-electron chi connectivity index (χ0n) is 6.47. The summed E-state index contributed by atoms with van der Waals surface area (Å²) in [6.07, 6.45) is 1.96. The van der Waals surface area contributed by atoms with Gasteiger partial charge < -0.3 is 4.74 Å². The molecule has 1 heterocycles. The highest BCUT2D eigenvalue weighted by molar-refractivity contribution is 5.05. The van der Waals surface area contributed by atoms with Gasteiger partial charge >= 0.3 is 0 Å². The van der Waals surface area contributed by atoms with Gasteiger partial charge in [0.15, 0.2) is 0 Å². The topological polar surface area (TPSA) is 9.23 Å². The zero-order chi connectivity index (χ0) is 7.56. The van der Waals surface area contributed by atoms with E-state index in [0.717, 1.165) is 13.2 Å². The predicted molar refractivity (Wildman–Crippen MR) is 42.8 cm³/mol. The summed E-state index contributed by atoms with van der Waals surface area (Å²) in [5.41, 5.74) is 1.21. The van der Waals surface area contributed by atoms with Gasteiger partial charge in [-0.15, -0.1) is 6.58 Å². The Morgan fingerprint density at radius 3 is 2.70 bits per heavy atom. The molecule has 1 aliphatic heterocycles. The van der Waals surface area contributed by atoms with E-state index in [1.165, 1.54) is 5.57 Å². The summed E-state index contributed by atoms with van der Waals surface area (Å²) in [7, 11) is 0. The summed E-state index contributed by atoms with van der Waals surface area (Å²) in [6, 6.07) is 0. The molecule has 0 N–H and O–H groups in total. The number of rotatable bonds is 2. The van der Waals surface area contributed by atoms with Gasteiger partial charge in [-0.25, -0.2) is 0 Å². The van der Waals surface area contributed by atoms with Crippen molar-refractivity contribution in [2.24, 2.45) is 11.8 Å². The van der Waals surface area contributed by atoms with Crippen LogP contribution in [-0.2, 0) is 4.74 Å². The van der Waals surface area contributed by atoms with Crippen molar-refractivity contribution >= 4 is 0 Å². The van der Waals surface area contributed by atoms with Crippen LogP contribution in [0.5, 0.6) is 0 Å². The van der Waals surface area contributed by atoms with Crippen LogP contribution < -0.4 is 0 Å². The van der Waals surface area contributed by atoms with Crippen molar-refractivity contribution in [3.8, 4) is 0 Å². The van der Waals surface area contributed by atoms with E-state index in [0.29, 0.717) is 11.8 Å². The summed E-state index contributed by atoms with van der Waals surface area (Å²) in [4.78, 5) is 0. The van der Waals surface area contributed by atoms with E-state index in [-0.39, 0.29) is 0 Å². The summed E-state index contributed by atoms with van der Waals surface area (Å²) < 4.78 is 5.29. The Bertz CT molecular complexity index is 149. The van der Waals surface area contributed by atoms with Gasteiger partial charge in [-0.2, -0.15) is 0 Å². The van der Waals surface area contributed by atoms with Crippen molar-refractivity contribution in [3.05, 3.63) is 24.8 Å². The minimum absolute atomic E-state index is 0.498. The lowest BCUT2D eigenvalue weighted by atomic mass is 9.91. The molecule has 0 spiro atoms. The fraction of sp³-hybridized carbons (Fsp3) is 0.556. The number of ether oxygens (including phenoxy) is 1. The van der Waals surface area contributed by atoms with Crippen LogP contribution in [0.4, 0.5) is 0 Å². The Labute approximate surface area is 62.4 Å². The van der Waals surface area contributed by atoms with Crippen molar-refractivity contribution in [1.82, 2.24) is 0 Å². The molecule has 56 valence electrons. The quantitative estimate of drug-likeness (QED) is 0.530. The fourth-order valence-electron chi connectivity index (χ4n) is 1.31. The molecule has 1 saturated heterocycles. The molecule has 0 radical (unpaired) electrons. The second kappa shape index (κ2) is 3.02. The molecule has 0 bridgehead atoms. The van der Waals surface area contributed by atoms with Gasteiger partial charge in [-0.05, 0) is 6.92 Å². The van der Waals surface area contributed by atoms with E-state index in [1.54, 1.807) is 0 Å². The molecule has 10 heavy (non-hydrogen) atoms. The van der Waals surface area contributed by atoms with Crippen molar-refractivity contribution < 1.29 is 4.74 Å². The van der Waals surface area contributed by atoms with Gasteiger partial charge in [0.1, 0.15) is 0 Å². The standard InChI is InChI=1S/C9H14O/c1-4-8-5-10-6-9(8)7(2)3/h4,8-9H,1-2,5-6H2,3H3/t8-,9-/m0/s1. The van der Waals surface area contributed by atoms with E-state index < -0.39 is 0 Å². The van der Waals surface area contributed by atoms with Crippen molar-refractivity contribution in [3.63, 3.8) is 0 Å². The maximum Gasteiger partial charge on any atom is 0.0538 e. The van der Waals surface area contributed by atoms with E-state index in [9.17, 15) is 0 Å². The largest absolute Gasteiger partial charge is 0.380 e. The van der Waals surface area contributed by atoms with E-state index >= 15 is 0 Å². The lowest BCUT2D eigenvalue weighted by molar-refractivity contribution is 0.186. The smallest absolute Gasteiger partial charge is 0.0538 e. The number of hydrogen-bond acceptors (Lipinski definition) is 1. The van der Waals surface area contributed by atoms with Gasteiger partial charge in [0.2, 0.25) is 0 Å². The normalized spacial score (nSPS) is 32.1. The first-order chi connectivity index (χ1) is 4.75. The Morgan fingerprint density at radius 2 is 2.30 bits per heavy atom. The molecular formula is C9H14O. The molecule has 0 unspecified atom stereocenters. The SMILES string of the molecule is C=C[C@H]1COC[C@H]1C(=C)C. The van der Waals surface area contributed by atoms with Crippen LogP contribution in [0, 0.1) is 11.8 Å². The Hall–Kier alpha value is -0.560. The van der Waals surface area contributed by atoms with Gasteiger partial charge in [0.05, 0.1) is 13.2 Å². The Morgan fingerprint density at radius 1 is 1.60 bits per heavy atom. The maximum absolute atomic E-state index is 5.29. The first kappa shape index (κ1) is 7.55. The van der Waals surface area contributed by atoms with E-state index in [1.807, 2.05) is 6.08 Å². The molecule has 0 aromatic rings. The Balaban J connectivity index is 2.58. The van der Waals surface area contributed by atoms with Gasteiger partial charge in [-0.3, -0.25) is 0 Å². The second-order valence-electron chi connectivity index (χ2n) is 2.89. The summed E-state index contributed by atoms with van der Waals surface area (Å²) in [5, 5.41) is 0. The van der Waals surface area contributed by atoms with Gasteiger partial charge in [0, 0.05) is 11.8 Å².